The van der Waals surface area contributed by atoms with Crippen molar-refractivity contribution in [2.75, 3.05) is 26.7 Å². The first-order valence-electron chi connectivity index (χ1n) is 11.2. The number of methoxy groups -OCH3 is 1. The van der Waals surface area contributed by atoms with E-state index in [-0.39, 0.29) is 11.8 Å². The topological polar surface area (TPSA) is 61.9 Å². The Morgan fingerprint density at radius 1 is 1.16 bits per heavy atom. The van der Waals surface area contributed by atoms with Gasteiger partial charge in [-0.25, -0.2) is 0 Å². The summed E-state index contributed by atoms with van der Waals surface area (Å²) in [5.74, 6) is 0.0877. The summed E-state index contributed by atoms with van der Waals surface area (Å²) in [6.07, 6.45) is 1.43. The number of halogens is 1. The minimum absolute atomic E-state index is 0.133. The number of rotatable bonds is 9. The Morgan fingerprint density at radius 2 is 1.91 bits per heavy atom. The number of likely N-dealkylation sites (tertiary alicyclic amines) is 1. The SMILES string of the molecule is CCN(CC)Cc1cccc(CNC(=O)[C@H]2CCCN2C(=O)c2cc(Cl)ccc2OC)c1. The zero-order chi connectivity index (χ0) is 23.1. The van der Waals surface area contributed by atoms with Crippen molar-refractivity contribution in [2.24, 2.45) is 0 Å². The lowest BCUT2D eigenvalue weighted by Gasteiger charge is -2.25. The number of amides is 2. The van der Waals surface area contributed by atoms with Gasteiger partial charge in [0, 0.05) is 24.7 Å². The molecule has 0 saturated carbocycles. The quantitative estimate of drug-likeness (QED) is 0.615. The number of carbonyl (C=O) groups is 2. The molecule has 0 aromatic heterocycles. The fourth-order valence-electron chi connectivity index (χ4n) is 4.13. The van der Waals surface area contributed by atoms with Gasteiger partial charge in [-0.3, -0.25) is 14.5 Å². The Hall–Kier alpha value is -2.57. The van der Waals surface area contributed by atoms with E-state index in [1.165, 1.54) is 12.7 Å². The number of hydrogen-bond acceptors (Lipinski definition) is 4. The van der Waals surface area contributed by atoms with Crippen LogP contribution in [-0.4, -0.2) is 54.4 Å². The molecule has 0 aliphatic carbocycles. The van der Waals surface area contributed by atoms with E-state index in [2.05, 4.69) is 36.2 Å². The molecule has 0 radical (unpaired) electrons. The summed E-state index contributed by atoms with van der Waals surface area (Å²) < 4.78 is 5.33. The van der Waals surface area contributed by atoms with Gasteiger partial charge in [-0.05, 0) is 55.3 Å². The summed E-state index contributed by atoms with van der Waals surface area (Å²) in [5, 5.41) is 3.48. The van der Waals surface area contributed by atoms with Crippen LogP contribution in [0.3, 0.4) is 0 Å². The first kappa shape index (κ1) is 24.1. The van der Waals surface area contributed by atoms with Gasteiger partial charge in [0.2, 0.25) is 5.91 Å². The van der Waals surface area contributed by atoms with E-state index in [4.69, 9.17) is 16.3 Å². The van der Waals surface area contributed by atoms with Crippen LogP contribution in [0.25, 0.3) is 0 Å². The summed E-state index contributed by atoms with van der Waals surface area (Å²) in [6.45, 7) is 8.17. The monoisotopic (exact) mass is 457 g/mol. The number of carbonyl (C=O) groups excluding carboxylic acids is 2. The first-order valence-corrected chi connectivity index (χ1v) is 11.6. The Labute approximate surface area is 195 Å². The fraction of sp³-hybridized carbons (Fsp3) is 0.440. The van der Waals surface area contributed by atoms with E-state index in [0.29, 0.717) is 35.8 Å². The number of nitrogens with zero attached hydrogens (tertiary/aromatic N) is 2. The van der Waals surface area contributed by atoms with Crippen molar-refractivity contribution in [1.82, 2.24) is 15.1 Å². The molecule has 7 heteroatoms. The maximum Gasteiger partial charge on any atom is 0.258 e. The Balaban J connectivity index is 1.65. The molecule has 2 aromatic rings. The molecular weight excluding hydrogens is 426 g/mol. The fourth-order valence-corrected chi connectivity index (χ4v) is 4.31. The van der Waals surface area contributed by atoms with Gasteiger partial charge in [0.15, 0.2) is 0 Å². The van der Waals surface area contributed by atoms with Gasteiger partial charge in [-0.15, -0.1) is 0 Å². The van der Waals surface area contributed by atoms with Crippen LogP contribution < -0.4 is 10.1 Å². The molecule has 2 aromatic carbocycles. The predicted molar refractivity (Wildman–Crippen MR) is 127 cm³/mol. The highest BCUT2D eigenvalue weighted by atomic mass is 35.5. The van der Waals surface area contributed by atoms with Gasteiger partial charge in [0.1, 0.15) is 11.8 Å². The zero-order valence-electron chi connectivity index (χ0n) is 19.1. The van der Waals surface area contributed by atoms with E-state index in [1.807, 2.05) is 12.1 Å². The van der Waals surface area contributed by atoms with Crippen LogP contribution in [0, 0.1) is 0 Å². The Morgan fingerprint density at radius 3 is 2.62 bits per heavy atom. The Bertz CT molecular complexity index is 946. The van der Waals surface area contributed by atoms with Gasteiger partial charge in [-0.1, -0.05) is 49.7 Å². The van der Waals surface area contributed by atoms with E-state index >= 15 is 0 Å². The van der Waals surface area contributed by atoms with E-state index in [1.54, 1.807) is 23.1 Å². The lowest BCUT2D eigenvalue weighted by atomic mass is 10.1. The maximum atomic E-state index is 13.2. The molecule has 1 fully saturated rings. The second-order valence-corrected chi connectivity index (χ2v) is 8.44. The van der Waals surface area contributed by atoms with Gasteiger partial charge in [0.05, 0.1) is 12.7 Å². The summed E-state index contributed by atoms with van der Waals surface area (Å²) in [6, 6.07) is 12.7. The highest BCUT2D eigenvalue weighted by molar-refractivity contribution is 6.31. The van der Waals surface area contributed by atoms with Crippen molar-refractivity contribution in [3.63, 3.8) is 0 Å². The molecule has 172 valence electrons. The molecule has 2 amide bonds. The third-order valence-corrected chi connectivity index (χ3v) is 6.20. The van der Waals surface area contributed by atoms with Crippen molar-refractivity contribution in [2.45, 2.75) is 45.8 Å². The number of nitrogens with one attached hydrogen (secondary N) is 1. The van der Waals surface area contributed by atoms with Crippen molar-refractivity contribution >= 4 is 23.4 Å². The summed E-state index contributed by atoms with van der Waals surface area (Å²) >= 11 is 6.10. The lowest BCUT2D eigenvalue weighted by molar-refractivity contribution is -0.125. The second-order valence-electron chi connectivity index (χ2n) is 8.00. The molecule has 1 aliphatic rings. The molecule has 1 aliphatic heterocycles. The van der Waals surface area contributed by atoms with E-state index in [9.17, 15) is 9.59 Å². The predicted octanol–water partition coefficient (Wildman–Crippen LogP) is 4.11. The zero-order valence-corrected chi connectivity index (χ0v) is 19.8. The molecule has 0 spiro atoms. The van der Waals surface area contributed by atoms with Crippen LogP contribution in [0.4, 0.5) is 0 Å². The van der Waals surface area contributed by atoms with Gasteiger partial charge in [-0.2, -0.15) is 0 Å². The minimum atomic E-state index is -0.495. The van der Waals surface area contributed by atoms with E-state index < -0.39 is 6.04 Å². The molecule has 1 saturated heterocycles. The van der Waals surface area contributed by atoms with Gasteiger partial charge in [0.25, 0.3) is 5.91 Å². The average Bonchev–Trinajstić information content (AvgIpc) is 3.31. The third-order valence-electron chi connectivity index (χ3n) is 5.97. The van der Waals surface area contributed by atoms with Crippen LogP contribution in [0.5, 0.6) is 5.75 Å². The first-order chi connectivity index (χ1) is 15.5. The summed E-state index contributed by atoms with van der Waals surface area (Å²) in [7, 11) is 1.52. The number of hydrogen-bond donors (Lipinski definition) is 1. The van der Waals surface area contributed by atoms with Crippen molar-refractivity contribution < 1.29 is 14.3 Å². The Kier molecular flexibility index (Phi) is 8.53. The molecule has 0 bridgehead atoms. The van der Waals surface area contributed by atoms with Gasteiger partial charge < -0.3 is 15.0 Å². The maximum absolute atomic E-state index is 13.2. The second kappa shape index (κ2) is 11.3. The number of ether oxygens (including phenoxy) is 1. The highest BCUT2D eigenvalue weighted by Gasteiger charge is 2.35. The smallest absolute Gasteiger partial charge is 0.258 e. The van der Waals surface area contributed by atoms with Crippen LogP contribution in [0.15, 0.2) is 42.5 Å². The molecule has 1 N–H and O–H groups in total. The summed E-state index contributed by atoms with van der Waals surface area (Å²) in [5.41, 5.74) is 2.66. The van der Waals surface area contributed by atoms with Crippen molar-refractivity contribution in [3.05, 3.63) is 64.2 Å². The third kappa shape index (κ3) is 5.81. The molecular formula is C25H32ClN3O3. The van der Waals surface area contributed by atoms with E-state index in [0.717, 1.165) is 31.6 Å². The molecule has 1 atom stereocenters. The lowest BCUT2D eigenvalue weighted by Crippen LogP contribution is -2.45. The van der Waals surface area contributed by atoms with Crippen LogP contribution in [0.2, 0.25) is 5.02 Å². The van der Waals surface area contributed by atoms with Crippen LogP contribution >= 0.6 is 11.6 Å². The summed E-state index contributed by atoms with van der Waals surface area (Å²) in [4.78, 5) is 30.1. The average molecular weight is 458 g/mol. The normalized spacial score (nSPS) is 15.8. The molecule has 32 heavy (non-hydrogen) atoms. The van der Waals surface area contributed by atoms with Crippen LogP contribution in [-0.2, 0) is 17.9 Å². The largest absolute Gasteiger partial charge is 0.496 e. The molecule has 3 rings (SSSR count). The molecule has 0 unspecified atom stereocenters. The standard InChI is InChI=1S/C25H32ClN3O3/c1-4-28(5-2)17-19-9-6-8-18(14-19)16-27-24(30)22-10-7-13-29(22)25(31)21-15-20(26)11-12-23(21)32-3/h6,8-9,11-12,14-15,22H,4-5,7,10,13,16-17H2,1-3H3,(H,27,30)/t22-/m1/s1. The van der Waals surface area contributed by atoms with Crippen molar-refractivity contribution in [1.29, 1.82) is 0 Å². The molecule has 6 nitrogen and oxygen atoms in total. The van der Waals surface area contributed by atoms with Crippen LogP contribution in [0.1, 0.15) is 48.2 Å². The highest BCUT2D eigenvalue weighted by Crippen LogP contribution is 2.27. The van der Waals surface area contributed by atoms with Gasteiger partial charge >= 0.3 is 0 Å². The van der Waals surface area contributed by atoms with Crippen molar-refractivity contribution in [3.8, 4) is 5.75 Å². The number of benzene rings is 2. The minimum Gasteiger partial charge on any atom is -0.496 e. The molecule has 1 heterocycles.